The topological polar surface area (TPSA) is 26.0 Å². The highest BCUT2D eigenvalue weighted by atomic mass is 35.5. The molecule has 1 heterocycles. The first-order valence-corrected chi connectivity index (χ1v) is 7.11. The summed E-state index contributed by atoms with van der Waals surface area (Å²) >= 11 is 5.59. The number of rotatable bonds is 4. The number of hydrogen-bond acceptors (Lipinski definition) is 2. The third kappa shape index (κ3) is 3.88. The lowest BCUT2D eigenvalue weighted by molar-refractivity contribution is -0.182. The number of aromatic nitrogens is 1. The zero-order valence-electron chi connectivity index (χ0n) is 10.5. The zero-order chi connectivity index (χ0) is 13.9. The van der Waals surface area contributed by atoms with Gasteiger partial charge in [-0.2, -0.15) is 13.2 Å². The Kier molecular flexibility index (Phi) is 4.76. The second kappa shape index (κ2) is 6.16. The van der Waals surface area contributed by atoms with E-state index in [9.17, 15) is 13.2 Å². The number of alkyl halides is 4. The van der Waals surface area contributed by atoms with Crippen LogP contribution >= 0.6 is 11.6 Å². The van der Waals surface area contributed by atoms with Crippen LogP contribution in [0.15, 0.2) is 10.6 Å². The first-order valence-electron chi connectivity index (χ1n) is 6.58. The summed E-state index contributed by atoms with van der Waals surface area (Å²) < 4.78 is 43.3. The molecule has 0 aliphatic heterocycles. The maximum atomic E-state index is 12.6. The van der Waals surface area contributed by atoms with Gasteiger partial charge in [0.2, 0.25) is 0 Å². The van der Waals surface area contributed by atoms with E-state index >= 15 is 0 Å². The van der Waals surface area contributed by atoms with Crippen LogP contribution in [0.2, 0.25) is 0 Å². The molecule has 1 aliphatic carbocycles. The summed E-state index contributed by atoms with van der Waals surface area (Å²) in [6.07, 6.45) is 0.490. The SMILES string of the molecule is FC(F)(F)C1CCC(c2cnc(CCCCl)o2)CC1. The monoisotopic (exact) mass is 295 g/mol. The van der Waals surface area contributed by atoms with E-state index in [2.05, 4.69) is 4.98 Å². The summed E-state index contributed by atoms with van der Waals surface area (Å²) in [4.78, 5) is 4.15. The molecule has 0 amide bonds. The lowest BCUT2D eigenvalue weighted by Crippen LogP contribution is -2.27. The molecule has 1 fully saturated rings. The van der Waals surface area contributed by atoms with Crippen LogP contribution in [0.25, 0.3) is 0 Å². The third-order valence-corrected chi connectivity index (χ3v) is 3.96. The van der Waals surface area contributed by atoms with Gasteiger partial charge in [-0.1, -0.05) is 0 Å². The molecule has 0 unspecified atom stereocenters. The molecule has 0 N–H and O–H groups in total. The Morgan fingerprint density at radius 2 is 1.95 bits per heavy atom. The highest BCUT2D eigenvalue weighted by molar-refractivity contribution is 6.17. The average Bonchev–Trinajstić information content (AvgIpc) is 2.84. The van der Waals surface area contributed by atoms with E-state index in [0.717, 1.165) is 12.2 Å². The van der Waals surface area contributed by atoms with Gasteiger partial charge in [0.25, 0.3) is 0 Å². The molecule has 1 aromatic heterocycles. The van der Waals surface area contributed by atoms with Gasteiger partial charge in [-0.25, -0.2) is 4.98 Å². The molecule has 1 saturated carbocycles. The number of hydrogen-bond donors (Lipinski definition) is 0. The molecule has 0 aromatic carbocycles. The molecule has 0 spiro atoms. The second-order valence-corrected chi connectivity index (χ2v) is 5.42. The van der Waals surface area contributed by atoms with Gasteiger partial charge in [-0.15, -0.1) is 11.6 Å². The van der Waals surface area contributed by atoms with Crippen molar-refractivity contribution in [3.05, 3.63) is 17.8 Å². The largest absolute Gasteiger partial charge is 0.445 e. The highest BCUT2D eigenvalue weighted by Gasteiger charge is 2.42. The van der Waals surface area contributed by atoms with Crippen LogP contribution in [0, 0.1) is 5.92 Å². The van der Waals surface area contributed by atoms with Crippen molar-refractivity contribution in [3.63, 3.8) is 0 Å². The van der Waals surface area contributed by atoms with Gasteiger partial charge in [0.1, 0.15) is 5.76 Å². The average molecular weight is 296 g/mol. The molecule has 0 bridgehead atoms. The summed E-state index contributed by atoms with van der Waals surface area (Å²) in [5.41, 5.74) is 0. The molecule has 2 nitrogen and oxygen atoms in total. The van der Waals surface area contributed by atoms with Crippen molar-refractivity contribution in [1.82, 2.24) is 4.98 Å². The lowest BCUT2D eigenvalue weighted by Gasteiger charge is -2.28. The number of aryl methyl sites for hydroxylation is 1. The molecule has 19 heavy (non-hydrogen) atoms. The summed E-state index contributed by atoms with van der Waals surface area (Å²) in [6.45, 7) is 0. The number of halogens is 4. The van der Waals surface area contributed by atoms with Crippen molar-refractivity contribution < 1.29 is 17.6 Å². The minimum absolute atomic E-state index is 0.0795. The zero-order valence-corrected chi connectivity index (χ0v) is 11.3. The van der Waals surface area contributed by atoms with Crippen molar-refractivity contribution in [2.75, 3.05) is 5.88 Å². The highest BCUT2D eigenvalue weighted by Crippen LogP contribution is 2.42. The molecular formula is C13H17ClF3NO. The summed E-state index contributed by atoms with van der Waals surface area (Å²) in [7, 11) is 0. The summed E-state index contributed by atoms with van der Waals surface area (Å²) in [6, 6.07) is 0. The molecule has 2 rings (SSSR count). The van der Waals surface area contributed by atoms with Gasteiger partial charge in [0.05, 0.1) is 12.1 Å². The second-order valence-electron chi connectivity index (χ2n) is 5.04. The Hall–Kier alpha value is -0.710. The summed E-state index contributed by atoms with van der Waals surface area (Å²) in [5.74, 6) is 0.839. The van der Waals surface area contributed by atoms with E-state index in [-0.39, 0.29) is 18.8 Å². The predicted molar refractivity (Wildman–Crippen MR) is 66.3 cm³/mol. The standard InChI is InChI=1S/C13H17ClF3NO/c14-7-1-2-12-18-8-11(19-12)9-3-5-10(6-4-9)13(15,16)17/h8-10H,1-7H2. The molecule has 108 valence electrons. The van der Waals surface area contributed by atoms with Crippen LogP contribution in [0.3, 0.4) is 0 Å². The smallest absolute Gasteiger partial charge is 0.391 e. The maximum Gasteiger partial charge on any atom is 0.391 e. The van der Waals surface area contributed by atoms with Gasteiger partial charge in [0.15, 0.2) is 5.89 Å². The van der Waals surface area contributed by atoms with Gasteiger partial charge in [0, 0.05) is 18.2 Å². The Balaban J connectivity index is 1.89. The fourth-order valence-electron chi connectivity index (χ4n) is 2.55. The minimum Gasteiger partial charge on any atom is -0.445 e. The normalized spacial score (nSPS) is 24.6. The van der Waals surface area contributed by atoms with E-state index in [4.69, 9.17) is 16.0 Å². The molecule has 1 aromatic rings. The van der Waals surface area contributed by atoms with Crippen LogP contribution in [0.4, 0.5) is 13.2 Å². The number of nitrogens with zero attached hydrogens (tertiary/aromatic N) is 1. The number of oxazole rings is 1. The van der Waals surface area contributed by atoms with Gasteiger partial charge >= 0.3 is 6.18 Å². The fraction of sp³-hybridized carbons (Fsp3) is 0.769. The van der Waals surface area contributed by atoms with Crippen LogP contribution < -0.4 is 0 Å². The van der Waals surface area contributed by atoms with Crippen LogP contribution in [0.1, 0.15) is 49.7 Å². The molecule has 0 atom stereocenters. The van der Waals surface area contributed by atoms with Crippen LogP contribution in [0.5, 0.6) is 0 Å². The van der Waals surface area contributed by atoms with Gasteiger partial charge in [-0.05, 0) is 32.1 Å². The van der Waals surface area contributed by atoms with Crippen molar-refractivity contribution >= 4 is 11.6 Å². The Bertz CT molecular complexity index is 397. The quantitative estimate of drug-likeness (QED) is 0.754. The van der Waals surface area contributed by atoms with Gasteiger partial charge < -0.3 is 4.42 Å². The predicted octanol–water partition coefficient (Wildman–Crippen LogP) is 4.68. The van der Waals surface area contributed by atoms with Gasteiger partial charge in [-0.3, -0.25) is 0 Å². The fourth-order valence-corrected chi connectivity index (χ4v) is 2.69. The Morgan fingerprint density at radius 1 is 1.26 bits per heavy atom. The van der Waals surface area contributed by atoms with Crippen LogP contribution in [-0.2, 0) is 6.42 Å². The van der Waals surface area contributed by atoms with E-state index < -0.39 is 12.1 Å². The third-order valence-electron chi connectivity index (χ3n) is 3.69. The Labute approximate surface area is 115 Å². The molecule has 6 heteroatoms. The van der Waals surface area contributed by atoms with Crippen molar-refractivity contribution in [3.8, 4) is 0 Å². The van der Waals surface area contributed by atoms with Crippen molar-refractivity contribution in [1.29, 1.82) is 0 Å². The van der Waals surface area contributed by atoms with Crippen molar-refractivity contribution in [2.45, 2.75) is 50.6 Å². The van der Waals surface area contributed by atoms with E-state index in [1.165, 1.54) is 0 Å². The van der Waals surface area contributed by atoms with E-state index in [1.54, 1.807) is 6.20 Å². The molecule has 1 aliphatic rings. The molecular weight excluding hydrogens is 279 g/mol. The first-order chi connectivity index (χ1) is 9.00. The van der Waals surface area contributed by atoms with Crippen LogP contribution in [-0.4, -0.2) is 17.0 Å². The Morgan fingerprint density at radius 3 is 2.53 bits per heavy atom. The maximum absolute atomic E-state index is 12.6. The van der Waals surface area contributed by atoms with E-state index in [0.29, 0.717) is 31.0 Å². The molecule has 0 saturated heterocycles. The van der Waals surface area contributed by atoms with E-state index in [1.807, 2.05) is 0 Å². The molecule has 0 radical (unpaired) electrons. The lowest BCUT2D eigenvalue weighted by atomic mass is 9.81. The summed E-state index contributed by atoms with van der Waals surface area (Å²) in [5, 5.41) is 0. The van der Waals surface area contributed by atoms with Crippen molar-refractivity contribution in [2.24, 2.45) is 5.92 Å². The minimum atomic E-state index is -4.06. The first kappa shape index (κ1) is 14.7.